The molecule has 0 amide bonds. The van der Waals surface area contributed by atoms with Crippen molar-refractivity contribution in [2.45, 2.75) is 26.7 Å². The molecule has 0 saturated carbocycles. The van der Waals surface area contributed by atoms with E-state index in [1.54, 1.807) is 0 Å². The average Bonchev–Trinajstić information content (AvgIpc) is 2.17. The topological polar surface area (TPSA) is 26.3 Å². The molecule has 0 aliphatic rings. The highest BCUT2D eigenvalue weighted by Crippen LogP contribution is 2.27. The molecule has 1 rings (SSSR count). The van der Waals surface area contributed by atoms with Crippen LogP contribution in [0.4, 0.5) is 0 Å². The van der Waals surface area contributed by atoms with Crippen molar-refractivity contribution >= 4 is 17.6 Å². The van der Waals surface area contributed by atoms with Gasteiger partial charge in [0.25, 0.3) is 0 Å². The monoisotopic (exact) mass is 226 g/mol. The molecule has 0 saturated heterocycles. The van der Waals surface area contributed by atoms with Crippen LogP contribution in [0, 0.1) is 6.92 Å². The van der Waals surface area contributed by atoms with Crippen molar-refractivity contribution in [1.82, 2.24) is 0 Å². The Bertz CT molecular complexity index is 359. The predicted molar refractivity (Wildman–Crippen MR) is 61.6 cm³/mol. The molecule has 0 bridgehead atoms. The fourth-order valence-corrected chi connectivity index (χ4v) is 1.41. The molecule has 2 nitrogen and oxygen atoms in total. The molecule has 0 unspecified atom stereocenters. The molecule has 0 N–H and O–H groups in total. The zero-order valence-electron chi connectivity index (χ0n) is 9.21. The maximum Gasteiger partial charge on any atom is 0.326 e. The van der Waals surface area contributed by atoms with Crippen LogP contribution in [0.2, 0.25) is 0 Å². The lowest BCUT2D eigenvalue weighted by Crippen LogP contribution is -2.11. The standard InChI is InChI=1S/C12H15ClO2/c1-8(2)10-5-4-9(3)6-11(10)15-12(14)7-13/h4-6,8H,7H2,1-3H3. The highest BCUT2D eigenvalue weighted by molar-refractivity contribution is 6.26. The van der Waals surface area contributed by atoms with Crippen molar-refractivity contribution in [2.75, 3.05) is 5.88 Å². The second-order valence-corrected chi connectivity index (χ2v) is 4.07. The molecular weight excluding hydrogens is 212 g/mol. The highest BCUT2D eigenvalue weighted by Gasteiger charge is 2.11. The summed E-state index contributed by atoms with van der Waals surface area (Å²) >= 11 is 5.40. The third-order valence-electron chi connectivity index (χ3n) is 2.12. The lowest BCUT2D eigenvalue weighted by Gasteiger charge is -2.12. The number of alkyl halides is 1. The van der Waals surface area contributed by atoms with Gasteiger partial charge in [0, 0.05) is 0 Å². The fraction of sp³-hybridized carbons (Fsp3) is 0.417. The quantitative estimate of drug-likeness (QED) is 0.449. The second-order valence-electron chi connectivity index (χ2n) is 3.80. The normalized spacial score (nSPS) is 10.5. The minimum absolute atomic E-state index is 0.120. The summed E-state index contributed by atoms with van der Waals surface area (Å²) in [5.74, 6) is 0.411. The van der Waals surface area contributed by atoms with E-state index in [-0.39, 0.29) is 5.88 Å². The first-order valence-corrected chi connectivity index (χ1v) is 5.45. The summed E-state index contributed by atoms with van der Waals surface area (Å²) in [5.41, 5.74) is 2.09. The molecule has 0 atom stereocenters. The van der Waals surface area contributed by atoms with E-state index >= 15 is 0 Å². The van der Waals surface area contributed by atoms with Gasteiger partial charge in [-0.3, -0.25) is 4.79 Å². The van der Waals surface area contributed by atoms with Crippen LogP contribution in [0.25, 0.3) is 0 Å². The van der Waals surface area contributed by atoms with E-state index in [9.17, 15) is 4.79 Å². The zero-order chi connectivity index (χ0) is 11.4. The van der Waals surface area contributed by atoms with Gasteiger partial charge in [0.05, 0.1) is 0 Å². The van der Waals surface area contributed by atoms with E-state index < -0.39 is 5.97 Å². The molecule has 0 heterocycles. The van der Waals surface area contributed by atoms with Crippen LogP contribution in [-0.2, 0) is 4.79 Å². The van der Waals surface area contributed by atoms with Gasteiger partial charge in [-0.1, -0.05) is 26.0 Å². The van der Waals surface area contributed by atoms with E-state index in [4.69, 9.17) is 16.3 Å². The zero-order valence-corrected chi connectivity index (χ0v) is 9.97. The van der Waals surface area contributed by atoms with E-state index in [1.165, 1.54) is 0 Å². The molecule has 0 fully saturated rings. The first-order valence-electron chi connectivity index (χ1n) is 4.91. The number of aryl methyl sites for hydroxylation is 1. The molecular formula is C12H15ClO2. The Balaban J connectivity index is 3.02. The average molecular weight is 227 g/mol. The number of carbonyl (C=O) groups is 1. The van der Waals surface area contributed by atoms with Crippen LogP contribution in [0.1, 0.15) is 30.9 Å². The Morgan fingerprint density at radius 1 is 1.47 bits per heavy atom. The van der Waals surface area contributed by atoms with Crippen LogP contribution in [0.3, 0.4) is 0 Å². The first kappa shape index (κ1) is 12.1. The number of carbonyl (C=O) groups excluding carboxylic acids is 1. The Morgan fingerprint density at radius 2 is 2.13 bits per heavy atom. The molecule has 0 aliphatic carbocycles. The van der Waals surface area contributed by atoms with Crippen molar-refractivity contribution < 1.29 is 9.53 Å². The number of hydrogen-bond donors (Lipinski definition) is 0. The molecule has 1 aromatic carbocycles. The molecule has 0 spiro atoms. The van der Waals surface area contributed by atoms with Gasteiger partial charge in [-0.2, -0.15) is 0 Å². The maximum atomic E-state index is 11.1. The van der Waals surface area contributed by atoms with Gasteiger partial charge in [-0.25, -0.2) is 0 Å². The minimum atomic E-state index is -0.413. The SMILES string of the molecule is Cc1ccc(C(C)C)c(OC(=O)CCl)c1. The van der Waals surface area contributed by atoms with E-state index in [2.05, 4.69) is 13.8 Å². The van der Waals surface area contributed by atoms with Gasteiger partial charge in [-0.15, -0.1) is 11.6 Å². The number of ether oxygens (including phenoxy) is 1. The Morgan fingerprint density at radius 3 is 2.67 bits per heavy atom. The van der Waals surface area contributed by atoms with Gasteiger partial charge < -0.3 is 4.74 Å². The summed E-state index contributed by atoms with van der Waals surface area (Å²) < 4.78 is 5.17. The summed E-state index contributed by atoms with van der Waals surface area (Å²) in [5, 5.41) is 0. The molecule has 1 aromatic rings. The highest BCUT2D eigenvalue weighted by atomic mass is 35.5. The molecule has 0 aliphatic heterocycles. The number of rotatable bonds is 3. The number of esters is 1. The number of halogens is 1. The van der Waals surface area contributed by atoms with E-state index in [0.717, 1.165) is 11.1 Å². The summed E-state index contributed by atoms with van der Waals surface area (Å²) in [6, 6.07) is 5.85. The van der Waals surface area contributed by atoms with Gasteiger partial charge in [0.15, 0.2) is 0 Å². The van der Waals surface area contributed by atoms with Crippen molar-refractivity contribution in [1.29, 1.82) is 0 Å². The van der Waals surface area contributed by atoms with Crippen molar-refractivity contribution in [2.24, 2.45) is 0 Å². The van der Waals surface area contributed by atoms with Gasteiger partial charge >= 0.3 is 5.97 Å². The first-order chi connectivity index (χ1) is 7.04. The Labute approximate surface area is 95.2 Å². The van der Waals surface area contributed by atoms with Crippen LogP contribution in [-0.4, -0.2) is 11.8 Å². The van der Waals surface area contributed by atoms with E-state index in [0.29, 0.717) is 11.7 Å². The third kappa shape index (κ3) is 3.24. The van der Waals surface area contributed by atoms with Crippen LogP contribution < -0.4 is 4.74 Å². The Kier molecular flexibility index (Phi) is 4.15. The summed E-state index contributed by atoms with van der Waals surface area (Å²) in [6.07, 6.45) is 0. The smallest absolute Gasteiger partial charge is 0.326 e. The Hall–Kier alpha value is -1.02. The van der Waals surface area contributed by atoms with Gasteiger partial charge in [0.1, 0.15) is 11.6 Å². The molecule has 0 aromatic heterocycles. The lowest BCUT2D eigenvalue weighted by molar-refractivity contribution is -0.131. The van der Waals surface area contributed by atoms with Crippen LogP contribution in [0.5, 0.6) is 5.75 Å². The number of benzene rings is 1. The fourth-order valence-electron chi connectivity index (χ4n) is 1.36. The van der Waals surface area contributed by atoms with E-state index in [1.807, 2.05) is 25.1 Å². The summed E-state index contributed by atoms with van der Waals surface area (Å²) in [7, 11) is 0. The molecule has 15 heavy (non-hydrogen) atoms. The summed E-state index contributed by atoms with van der Waals surface area (Å²) in [4.78, 5) is 11.1. The van der Waals surface area contributed by atoms with Crippen molar-refractivity contribution in [3.05, 3.63) is 29.3 Å². The predicted octanol–water partition coefficient (Wildman–Crippen LogP) is 3.26. The maximum absolute atomic E-state index is 11.1. The molecule has 0 radical (unpaired) electrons. The van der Waals surface area contributed by atoms with Gasteiger partial charge in [0.2, 0.25) is 0 Å². The third-order valence-corrected chi connectivity index (χ3v) is 2.34. The summed E-state index contributed by atoms with van der Waals surface area (Å²) in [6.45, 7) is 6.08. The lowest BCUT2D eigenvalue weighted by atomic mass is 10.0. The number of hydrogen-bond acceptors (Lipinski definition) is 2. The van der Waals surface area contributed by atoms with Crippen LogP contribution in [0.15, 0.2) is 18.2 Å². The minimum Gasteiger partial charge on any atom is -0.425 e. The largest absolute Gasteiger partial charge is 0.425 e. The van der Waals surface area contributed by atoms with Crippen molar-refractivity contribution in [3.63, 3.8) is 0 Å². The molecule has 3 heteroatoms. The van der Waals surface area contributed by atoms with Crippen LogP contribution >= 0.6 is 11.6 Å². The van der Waals surface area contributed by atoms with Crippen molar-refractivity contribution in [3.8, 4) is 5.75 Å². The van der Waals surface area contributed by atoms with Gasteiger partial charge in [-0.05, 0) is 30.0 Å². The second kappa shape index (κ2) is 5.17. The molecule has 82 valence electrons.